The Bertz CT molecular complexity index is 1280. The highest BCUT2D eigenvalue weighted by atomic mass is 15.3. The summed E-state index contributed by atoms with van der Waals surface area (Å²) in [6.07, 6.45) is 9.44. The summed E-state index contributed by atoms with van der Waals surface area (Å²) in [7, 11) is 0. The highest BCUT2D eigenvalue weighted by Crippen LogP contribution is 2.39. The number of imidazole rings is 1. The number of aromatic amines is 1. The zero-order valence-corrected chi connectivity index (χ0v) is 20.0. The molecule has 2 aliphatic rings. The number of hydrogen-bond acceptors (Lipinski definition) is 5. The van der Waals surface area contributed by atoms with Gasteiger partial charge in [0.15, 0.2) is 0 Å². The normalized spacial score (nSPS) is 18.9. The SMILES string of the molecule is CC(c1ccnc(Cc2nc3ccc(-c4cnn(C(C)C5CC5)c4)cc3[nH]2)c1)N1CCNCC1. The van der Waals surface area contributed by atoms with Gasteiger partial charge in [-0.05, 0) is 68.0 Å². The molecule has 0 radical (unpaired) electrons. The van der Waals surface area contributed by atoms with Crippen LogP contribution in [0.5, 0.6) is 0 Å². The smallest absolute Gasteiger partial charge is 0.113 e. The molecule has 7 nitrogen and oxygen atoms in total. The molecule has 0 spiro atoms. The van der Waals surface area contributed by atoms with Crippen molar-refractivity contribution >= 4 is 11.0 Å². The lowest BCUT2D eigenvalue weighted by Crippen LogP contribution is -2.44. The van der Waals surface area contributed by atoms with Gasteiger partial charge in [-0.15, -0.1) is 0 Å². The number of piperazine rings is 1. The van der Waals surface area contributed by atoms with Crippen molar-refractivity contribution in [2.24, 2.45) is 5.92 Å². The van der Waals surface area contributed by atoms with E-state index in [0.717, 1.165) is 60.2 Å². The molecule has 1 saturated carbocycles. The molecule has 7 heteroatoms. The molecule has 2 N–H and O–H groups in total. The largest absolute Gasteiger partial charge is 0.342 e. The van der Waals surface area contributed by atoms with Crippen LogP contribution in [0.1, 0.15) is 55.9 Å². The average Bonchev–Trinajstić information content (AvgIpc) is 3.46. The monoisotopic (exact) mass is 455 g/mol. The second-order valence-corrected chi connectivity index (χ2v) is 9.92. The zero-order chi connectivity index (χ0) is 23.1. The summed E-state index contributed by atoms with van der Waals surface area (Å²) in [5.41, 5.74) is 6.74. The van der Waals surface area contributed by atoms with Crippen LogP contribution in [0.25, 0.3) is 22.2 Å². The van der Waals surface area contributed by atoms with Gasteiger partial charge in [0.25, 0.3) is 0 Å². The molecule has 1 aliphatic carbocycles. The molecule has 4 aromatic rings. The Kier molecular flexibility index (Phi) is 5.67. The van der Waals surface area contributed by atoms with Gasteiger partial charge in [0.1, 0.15) is 5.82 Å². The summed E-state index contributed by atoms with van der Waals surface area (Å²) in [6, 6.07) is 11.7. The quantitative estimate of drug-likeness (QED) is 0.433. The Morgan fingerprint density at radius 2 is 1.91 bits per heavy atom. The van der Waals surface area contributed by atoms with Crippen molar-refractivity contribution in [2.75, 3.05) is 26.2 Å². The highest BCUT2D eigenvalue weighted by Gasteiger charge is 2.29. The van der Waals surface area contributed by atoms with Crippen molar-refractivity contribution in [3.05, 3.63) is 66.0 Å². The maximum atomic E-state index is 4.84. The van der Waals surface area contributed by atoms with Crippen molar-refractivity contribution in [3.8, 4) is 11.1 Å². The fourth-order valence-electron chi connectivity index (χ4n) is 5.14. The van der Waals surface area contributed by atoms with Gasteiger partial charge in [0.05, 0.1) is 23.3 Å². The van der Waals surface area contributed by atoms with Gasteiger partial charge < -0.3 is 10.3 Å². The van der Waals surface area contributed by atoms with Gasteiger partial charge in [-0.2, -0.15) is 5.10 Å². The van der Waals surface area contributed by atoms with Crippen molar-refractivity contribution in [3.63, 3.8) is 0 Å². The number of benzene rings is 1. The number of hydrogen-bond donors (Lipinski definition) is 2. The van der Waals surface area contributed by atoms with E-state index in [2.05, 4.69) is 80.3 Å². The minimum Gasteiger partial charge on any atom is -0.342 e. The number of rotatable bonds is 7. The first-order valence-electron chi connectivity index (χ1n) is 12.6. The summed E-state index contributed by atoms with van der Waals surface area (Å²) >= 11 is 0. The number of pyridine rings is 1. The van der Waals surface area contributed by atoms with Crippen LogP contribution in [0.4, 0.5) is 0 Å². The van der Waals surface area contributed by atoms with Crippen LogP contribution in [0.15, 0.2) is 48.9 Å². The Morgan fingerprint density at radius 1 is 1.06 bits per heavy atom. The van der Waals surface area contributed by atoms with Crippen molar-refractivity contribution < 1.29 is 0 Å². The van der Waals surface area contributed by atoms with Crippen molar-refractivity contribution in [1.82, 2.24) is 34.9 Å². The van der Waals surface area contributed by atoms with Crippen LogP contribution >= 0.6 is 0 Å². The van der Waals surface area contributed by atoms with Gasteiger partial charge in [0.2, 0.25) is 0 Å². The molecule has 1 aromatic carbocycles. The van der Waals surface area contributed by atoms with Gasteiger partial charge in [-0.3, -0.25) is 14.6 Å². The van der Waals surface area contributed by atoms with Crippen LogP contribution < -0.4 is 5.32 Å². The van der Waals surface area contributed by atoms with Crippen molar-refractivity contribution in [2.45, 2.75) is 45.2 Å². The van der Waals surface area contributed by atoms with E-state index in [1.165, 1.54) is 24.0 Å². The zero-order valence-electron chi connectivity index (χ0n) is 20.0. The van der Waals surface area contributed by atoms with E-state index in [4.69, 9.17) is 4.98 Å². The van der Waals surface area contributed by atoms with E-state index in [1.54, 1.807) is 0 Å². The standard InChI is InChI=1S/C27H33N7/c1-18(33-11-9-28-10-12-33)21-7-8-29-24(13-21)15-27-31-25-6-5-22(14-26(25)32-27)23-16-30-34(17-23)19(2)20-3-4-20/h5-8,13-14,16-20,28H,3-4,9-12,15H2,1-2H3,(H,31,32). The summed E-state index contributed by atoms with van der Waals surface area (Å²) in [5, 5.41) is 8.06. The molecule has 2 atom stereocenters. The minimum atomic E-state index is 0.394. The fourth-order valence-corrected chi connectivity index (χ4v) is 5.14. The predicted molar refractivity (Wildman–Crippen MR) is 135 cm³/mol. The van der Waals surface area contributed by atoms with Gasteiger partial charge in [-0.1, -0.05) is 6.07 Å². The lowest BCUT2D eigenvalue weighted by molar-refractivity contribution is 0.185. The third-order valence-corrected chi connectivity index (χ3v) is 7.56. The Hall–Kier alpha value is -3.03. The number of nitrogens with one attached hydrogen (secondary N) is 2. The van der Waals surface area contributed by atoms with E-state index in [1.807, 2.05) is 12.4 Å². The van der Waals surface area contributed by atoms with Gasteiger partial charge in [-0.25, -0.2) is 4.98 Å². The van der Waals surface area contributed by atoms with Gasteiger partial charge in [0, 0.05) is 62.3 Å². The predicted octanol–water partition coefficient (Wildman–Crippen LogP) is 4.35. The molecule has 4 heterocycles. The molecule has 1 saturated heterocycles. The summed E-state index contributed by atoms with van der Waals surface area (Å²) < 4.78 is 2.12. The molecular weight excluding hydrogens is 422 g/mol. The van der Waals surface area contributed by atoms with Crippen LogP contribution in [-0.4, -0.2) is 55.8 Å². The van der Waals surface area contributed by atoms with Gasteiger partial charge >= 0.3 is 0 Å². The molecule has 176 valence electrons. The molecule has 1 aliphatic heterocycles. The van der Waals surface area contributed by atoms with E-state index < -0.39 is 0 Å². The summed E-state index contributed by atoms with van der Waals surface area (Å²) in [6.45, 7) is 8.85. The number of aromatic nitrogens is 5. The third kappa shape index (κ3) is 4.38. The molecule has 0 bridgehead atoms. The van der Waals surface area contributed by atoms with Crippen LogP contribution in [0, 0.1) is 5.92 Å². The van der Waals surface area contributed by atoms with E-state index in [9.17, 15) is 0 Å². The maximum Gasteiger partial charge on any atom is 0.113 e. The average molecular weight is 456 g/mol. The van der Waals surface area contributed by atoms with Crippen molar-refractivity contribution in [1.29, 1.82) is 0 Å². The first-order valence-corrected chi connectivity index (χ1v) is 12.6. The second kappa shape index (κ2) is 8.96. The molecule has 6 rings (SSSR count). The number of nitrogens with zero attached hydrogens (tertiary/aromatic N) is 5. The number of fused-ring (bicyclic) bond motifs is 1. The second-order valence-electron chi connectivity index (χ2n) is 9.92. The lowest BCUT2D eigenvalue weighted by atomic mass is 10.1. The Balaban J connectivity index is 1.19. The molecule has 0 amide bonds. The first-order chi connectivity index (χ1) is 16.6. The third-order valence-electron chi connectivity index (χ3n) is 7.56. The Labute approximate surface area is 200 Å². The summed E-state index contributed by atoms with van der Waals surface area (Å²) in [4.78, 5) is 15.5. The number of H-pyrrole nitrogens is 1. The van der Waals surface area contributed by atoms with E-state index in [0.29, 0.717) is 18.5 Å². The summed E-state index contributed by atoms with van der Waals surface area (Å²) in [5.74, 6) is 1.74. The van der Waals surface area contributed by atoms with Crippen LogP contribution in [0.3, 0.4) is 0 Å². The van der Waals surface area contributed by atoms with Crippen LogP contribution in [-0.2, 0) is 6.42 Å². The van der Waals surface area contributed by atoms with E-state index in [-0.39, 0.29) is 0 Å². The fraction of sp³-hybridized carbons (Fsp3) is 0.444. The molecular formula is C27H33N7. The molecule has 3 aromatic heterocycles. The van der Waals surface area contributed by atoms with E-state index >= 15 is 0 Å². The maximum absolute atomic E-state index is 4.84. The minimum absolute atomic E-state index is 0.394. The first kappa shape index (κ1) is 21.5. The molecule has 2 fully saturated rings. The molecule has 34 heavy (non-hydrogen) atoms. The van der Waals surface area contributed by atoms with Crippen LogP contribution in [0.2, 0.25) is 0 Å². The Morgan fingerprint density at radius 3 is 2.74 bits per heavy atom. The topological polar surface area (TPSA) is 74.7 Å². The molecule has 2 unspecified atom stereocenters. The lowest BCUT2D eigenvalue weighted by Gasteiger charge is -2.33. The highest BCUT2D eigenvalue weighted by molar-refractivity contribution is 5.81.